The van der Waals surface area contributed by atoms with Crippen LogP contribution in [0.15, 0.2) is 18.2 Å². The molecule has 6 nitrogen and oxygen atoms in total. The molecular formula is C27H33NO5S2. The van der Waals surface area contributed by atoms with Gasteiger partial charge in [-0.2, -0.15) is 0 Å². The molecule has 2 aliphatic carbocycles. The molecule has 0 unspecified atom stereocenters. The van der Waals surface area contributed by atoms with E-state index in [0.29, 0.717) is 0 Å². The lowest BCUT2D eigenvalue weighted by atomic mass is 9.86. The highest BCUT2D eigenvalue weighted by Crippen LogP contribution is 2.48. The van der Waals surface area contributed by atoms with Crippen LogP contribution >= 0.6 is 22.7 Å². The van der Waals surface area contributed by atoms with Gasteiger partial charge in [-0.25, -0.2) is 9.59 Å². The molecule has 2 N–H and O–H groups in total. The minimum Gasteiger partial charge on any atom is -0.479 e. The summed E-state index contributed by atoms with van der Waals surface area (Å²) in [5.74, 6) is -0.517. The van der Waals surface area contributed by atoms with Crippen molar-refractivity contribution in [1.82, 2.24) is 0 Å². The highest BCUT2D eigenvalue weighted by molar-refractivity contribution is 7.34. The summed E-state index contributed by atoms with van der Waals surface area (Å²) in [6, 6.07) is 6.55. The van der Waals surface area contributed by atoms with Crippen molar-refractivity contribution < 1.29 is 24.5 Å². The summed E-state index contributed by atoms with van der Waals surface area (Å²) in [5.41, 5.74) is 1.24. The Bertz CT molecular complexity index is 1180. The molecule has 8 heteroatoms. The number of aromatic carboxylic acids is 1. The van der Waals surface area contributed by atoms with Crippen LogP contribution in [0.2, 0.25) is 0 Å². The number of benzene rings is 1. The van der Waals surface area contributed by atoms with Gasteiger partial charge in [-0.05, 0) is 49.7 Å². The van der Waals surface area contributed by atoms with Crippen LogP contribution in [-0.2, 0) is 4.79 Å². The number of carboxylic acids is 2. The van der Waals surface area contributed by atoms with Crippen LogP contribution in [0.3, 0.4) is 0 Å². The second-order valence-electron chi connectivity index (χ2n) is 10.1. The molecule has 0 spiro atoms. The number of fused-ring (bicyclic) bond motifs is 3. The first kappa shape index (κ1) is 24.4. The molecule has 0 bridgehead atoms. The lowest BCUT2D eigenvalue weighted by Gasteiger charge is -2.35. The van der Waals surface area contributed by atoms with E-state index >= 15 is 0 Å². The van der Waals surface area contributed by atoms with E-state index in [0.717, 1.165) is 44.4 Å². The van der Waals surface area contributed by atoms with Crippen molar-refractivity contribution in [2.45, 2.75) is 64.2 Å². The maximum absolute atomic E-state index is 11.8. The first-order valence-electron chi connectivity index (χ1n) is 12.8. The maximum Gasteiger partial charge on any atom is 0.349 e. The third-order valence-corrected chi connectivity index (χ3v) is 10.0. The Morgan fingerprint density at radius 2 is 1.51 bits per heavy atom. The van der Waals surface area contributed by atoms with E-state index in [2.05, 4.69) is 23.1 Å². The Balaban J connectivity index is 1.48. The van der Waals surface area contributed by atoms with Gasteiger partial charge in [-0.15, -0.1) is 22.7 Å². The standard InChI is InChI=1S/C27H33NO5S2/c29-22(30)16-33-23-25-24(35-26(23)27(31)32)20-12-11-19(13-21(20)34-25)28(14-17-7-3-1-4-8-17)15-18-9-5-2-6-10-18/h11-13,17-18H,1-10,14-16H2,(H,29,30)(H,31,32). The van der Waals surface area contributed by atoms with Crippen molar-refractivity contribution in [3.8, 4) is 5.75 Å². The Morgan fingerprint density at radius 3 is 2.09 bits per heavy atom. The number of nitrogens with zero attached hydrogens (tertiary/aromatic N) is 1. The number of rotatable bonds is 9. The van der Waals surface area contributed by atoms with Crippen molar-refractivity contribution >= 4 is 59.8 Å². The summed E-state index contributed by atoms with van der Waals surface area (Å²) in [5, 5.41) is 19.7. The van der Waals surface area contributed by atoms with Crippen molar-refractivity contribution in [1.29, 1.82) is 0 Å². The lowest BCUT2D eigenvalue weighted by molar-refractivity contribution is -0.139. The molecule has 5 rings (SSSR count). The zero-order valence-corrected chi connectivity index (χ0v) is 21.6. The number of ether oxygens (including phenoxy) is 1. The molecule has 2 saturated carbocycles. The van der Waals surface area contributed by atoms with Crippen molar-refractivity contribution in [3.63, 3.8) is 0 Å². The fraction of sp³-hybridized carbons (Fsp3) is 0.556. The van der Waals surface area contributed by atoms with E-state index in [1.54, 1.807) is 0 Å². The van der Waals surface area contributed by atoms with E-state index < -0.39 is 18.5 Å². The fourth-order valence-electron chi connectivity index (χ4n) is 5.81. The first-order chi connectivity index (χ1) is 17.0. The Labute approximate surface area is 213 Å². The molecule has 0 amide bonds. The Kier molecular flexibility index (Phi) is 7.48. The molecule has 35 heavy (non-hydrogen) atoms. The molecule has 2 heterocycles. The summed E-state index contributed by atoms with van der Waals surface area (Å²) in [6.07, 6.45) is 13.4. The van der Waals surface area contributed by atoms with Gasteiger partial charge < -0.3 is 19.8 Å². The summed E-state index contributed by atoms with van der Waals surface area (Å²) in [7, 11) is 0. The minimum atomic E-state index is -1.12. The van der Waals surface area contributed by atoms with E-state index in [1.165, 1.54) is 92.6 Å². The SMILES string of the molecule is O=C(O)COc1c(C(=O)O)sc2c1sc1cc(N(CC3CCCCC3)CC3CCCCC3)ccc12. The van der Waals surface area contributed by atoms with Gasteiger partial charge in [-0.1, -0.05) is 44.6 Å². The highest BCUT2D eigenvalue weighted by atomic mass is 32.1. The number of thiophene rings is 2. The monoisotopic (exact) mass is 515 g/mol. The number of carboxylic acid groups (broad SMARTS) is 2. The average Bonchev–Trinajstić information content (AvgIpc) is 3.39. The van der Waals surface area contributed by atoms with Crippen molar-refractivity contribution in [3.05, 3.63) is 23.1 Å². The van der Waals surface area contributed by atoms with Crippen molar-refractivity contribution in [2.24, 2.45) is 11.8 Å². The number of hydrogen-bond donors (Lipinski definition) is 2. The van der Waals surface area contributed by atoms with Gasteiger partial charge in [0.15, 0.2) is 17.2 Å². The molecule has 2 aliphatic rings. The highest BCUT2D eigenvalue weighted by Gasteiger charge is 2.25. The largest absolute Gasteiger partial charge is 0.479 e. The van der Waals surface area contributed by atoms with Gasteiger partial charge in [0.1, 0.15) is 0 Å². The molecule has 0 saturated heterocycles. The summed E-state index contributed by atoms with van der Waals surface area (Å²) in [4.78, 5) is 25.5. The van der Waals surface area contributed by atoms with E-state index in [-0.39, 0.29) is 10.6 Å². The molecule has 3 aromatic rings. The molecule has 0 aliphatic heterocycles. The van der Waals surface area contributed by atoms with Gasteiger partial charge in [0, 0.05) is 28.9 Å². The normalized spacial score (nSPS) is 17.7. The zero-order chi connectivity index (χ0) is 24.4. The first-order valence-corrected chi connectivity index (χ1v) is 14.4. The predicted octanol–water partition coefficient (Wildman–Crippen LogP) is 7.24. The molecule has 0 radical (unpaired) electrons. The third kappa shape index (κ3) is 5.43. The van der Waals surface area contributed by atoms with Gasteiger partial charge in [0.2, 0.25) is 0 Å². The number of hydrogen-bond acceptors (Lipinski definition) is 6. The molecule has 2 fully saturated rings. The molecule has 1 aromatic carbocycles. The zero-order valence-electron chi connectivity index (χ0n) is 20.0. The Morgan fingerprint density at radius 1 is 0.886 bits per heavy atom. The van der Waals surface area contributed by atoms with Gasteiger partial charge in [0.25, 0.3) is 0 Å². The van der Waals surface area contributed by atoms with E-state index in [4.69, 9.17) is 9.84 Å². The molecule has 2 aromatic heterocycles. The van der Waals surface area contributed by atoms with E-state index in [1.807, 2.05) is 0 Å². The predicted molar refractivity (Wildman–Crippen MR) is 143 cm³/mol. The molecule has 0 atom stereocenters. The smallest absolute Gasteiger partial charge is 0.349 e. The topological polar surface area (TPSA) is 87.1 Å². The third-order valence-electron chi connectivity index (χ3n) is 7.55. The maximum atomic E-state index is 11.8. The van der Waals surface area contributed by atoms with Crippen LogP contribution in [0.1, 0.15) is 73.9 Å². The second kappa shape index (κ2) is 10.7. The molecule has 188 valence electrons. The van der Waals surface area contributed by atoms with Crippen LogP contribution in [0.5, 0.6) is 5.75 Å². The van der Waals surface area contributed by atoms with Gasteiger partial charge in [0.05, 0.1) is 9.40 Å². The van der Waals surface area contributed by atoms with Crippen LogP contribution in [-0.4, -0.2) is 41.8 Å². The van der Waals surface area contributed by atoms with Crippen LogP contribution in [0, 0.1) is 11.8 Å². The van der Waals surface area contributed by atoms with E-state index in [9.17, 15) is 14.7 Å². The van der Waals surface area contributed by atoms with Crippen LogP contribution in [0.4, 0.5) is 5.69 Å². The van der Waals surface area contributed by atoms with Crippen LogP contribution in [0.25, 0.3) is 19.5 Å². The minimum absolute atomic E-state index is 0.0645. The lowest BCUT2D eigenvalue weighted by Crippen LogP contribution is -2.35. The summed E-state index contributed by atoms with van der Waals surface area (Å²) >= 11 is 2.67. The number of anilines is 1. The average molecular weight is 516 g/mol. The Hall–Kier alpha value is -2.32. The number of aliphatic carboxylic acids is 1. The molecular weight excluding hydrogens is 482 g/mol. The number of carbonyl (C=O) groups is 2. The fourth-order valence-corrected chi connectivity index (χ4v) is 8.35. The van der Waals surface area contributed by atoms with Gasteiger partial charge in [-0.3, -0.25) is 0 Å². The summed E-state index contributed by atoms with van der Waals surface area (Å²) in [6.45, 7) is 1.66. The second-order valence-corrected chi connectivity index (χ2v) is 12.2. The van der Waals surface area contributed by atoms with Crippen LogP contribution < -0.4 is 9.64 Å². The quantitative estimate of drug-likeness (QED) is 0.312. The van der Waals surface area contributed by atoms with Crippen molar-refractivity contribution in [2.75, 3.05) is 24.6 Å². The summed E-state index contributed by atoms with van der Waals surface area (Å²) < 4.78 is 8.14. The van der Waals surface area contributed by atoms with Gasteiger partial charge >= 0.3 is 11.9 Å².